The first-order valence-corrected chi connectivity index (χ1v) is 11.1. The molecular formula is C23H31N3O2S. The summed E-state index contributed by atoms with van der Waals surface area (Å²) in [5.74, 6) is -0.103. The van der Waals surface area contributed by atoms with Crippen LogP contribution in [0.2, 0.25) is 0 Å². The molecule has 1 aromatic carbocycles. The molecule has 0 saturated heterocycles. The van der Waals surface area contributed by atoms with E-state index in [0.29, 0.717) is 19.5 Å². The van der Waals surface area contributed by atoms with Crippen molar-refractivity contribution in [2.45, 2.75) is 58.7 Å². The van der Waals surface area contributed by atoms with Gasteiger partial charge >= 0.3 is 0 Å². The molecular weight excluding hydrogens is 382 g/mol. The third-order valence-corrected chi connectivity index (χ3v) is 6.01. The van der Waals surface area contributed by atoms with Crippen LogP contribution in [0, 0.1) is 0 Å². The molecule has 0 spiro atoms. The van der Waals surface area contributed by atoms with Gasteiger partial charge in [-0.25, -0.2) is 0 Å². The molecule has 2 heterocycles. The van der Waals surface area contributed by atoms with Crippen molar-refractivity contribution >= 4 is 28.8 Å². The number of benzene rings is 1. The lowest BCUT2D eigenvalue weighted by Gasteiger charge is -2.31. The summed E-state index contributed by atoms with van der Waals surface area (Å²) < 4.78 is 0. The van der Waals surface area contributed by atoms with Crippen molar-refractivity contribution < 1.29 is 9.59 Å². The van der Waals surface area contributed by atoms with Gasteiger partial charge in [-0.05, 0) is 57.2 Å². The zero-order chi connectivity index (χ0) is 21.0. The Balaban J connectivity index is 1.68. The van der Waals surface area contributed by atoms with Crippen LogP contribution in [0.4, 0.5) is 5.69 Å². The Bertz CT molecular complexity index is 842. The van der Waals surface area contributed by atoms with Crippen LogP contribution in [0.1, 0.15) is 44.6 Å². The highest BCUT2D eigenvalue weighted by molar-refractivity contribution is 7.09. The Kier molecular flexibility index (Phi) is 6.63. The molecule has 2 aromatic rings. The van der Waals surface area contributed by atoms with E-state index in [4.69, 9.17) is 0 Å². The summed E-state index contributed by atoms with van der Waals surface area (Å²) in [6, 6.07) is 11.8. The van der Waals surface area contributed by atoms with E-state index in [-0.39, 0.29) is 17.4 Å². The van der Waals surface area contributed by atoms with Gasteiger partial charge in [-0.15, -0.1) is 11.3 Å². The molecule has 5 nitrogen and oxygen atoms in total. The minimum absolute atomic E-state index is 0.0133. The highest BCUT2D eigenvalue weighted by Gasteiger charge is 2.29. The van der Waals surface area contributed by atoms with Gasteiger partial charge in [0, 0.05) is 35.6 Å². The van der Waals surface area contributed by atoms with Crippen LogP contribution in [0.25, 0.3) is 0 Å². The van der Waals surface area contributed by atoms with Crippen molar-refractivity contribution in [2.24, 2.45) is 0 Å². The molecule has 1 N–H and O–H groups in total. The molecule has 0 aliphatic carbocycles. The van der Waals surface area contributed by atoms with Crippen LogP contribution in [0.3, 0.4) is 0 Å². The normalized spacial score (nSPS) is 14.4. The highest BCUT2D eigenvalue weighted by Crippen LogP contribution is 2.27. The third-order valence-electron chi connectivity index (χ3n) is 5.15. The van der Waals surface area contributed by atoms with Crippen molar-refractivity contribution in [1.29, 1.82) is 0 Å². The molecule has 1 aliphatic heterocycles. The van der Waals surface area contributed by atoms with Gasteiger partial charge in [-0.3, -0.25) is 9.59 Å². The van der Waals surface area contributed by atoms with Crippen LogP contribution in [0.15, 0.2) is 41.8 Å². The van der Waals surface area contributed by atoms with Crippen LogP contribution < -0.4 is 10.2 Å². The van der Waals surface area contributed by atoms with Gasteiger partial charge < -0.3 is 15.1 Å². The number of carbonyl (C=O) groups excluding carboxylic acids is 2. The average Bonchev–Trinajstić information content (AvgIpc) is 3.32. The maximum Gasteiger partial charge on any atom is 0.242 e. The van der Waals surface area contributed by atoms with E-state index in [1.165, 1.54) is 11.3 Å². The maximum atomic E-state index is 13.2. The highest BCUT2D eigenvalue weighted by atomic mass is 32.1. The minimum atomic E-state index is -0.519. The van der Waals surface area contributed by atoms with Gasteiger partial charge in [0.15, 0.2) is 0 Å². The second-order valence-corrected chi connectivity index (χ2v) is 9.66. The first-order valence-electron chi connectivity index (χ1n) is 10.2. The number of rotatable bonds is 7. The van der Waals surface area contributed by atoms with Crippen LogP contribution >= 0.6 is 11.3 Å². The van der Waals surface area contributed by atoms with Crippen molar-refractivity contribution in [3.63, 3.8) is 0 Å². The molecule has 0 saturated carbocycles. The van der Waals surface area contributed by atoms with Crippen molar-refractivity contribution in [2.75, 3.05) is 18.0 Å². The van der Waals surface area contributed by atoms with Crippen LogP contribution in [-0.4, -0.2) is 41.4 Å². The Morgan fingerprint density at radius 1 is 1.21 bits per heavy atom. The number of nitrogens with one attached hydrogen (secondary N) is 1. The summed E-state index contributed by atoms with van der Waals surface area (Å²) in [5.41, 5.74) is 2.24. The Labute approximate surface area is 177 Å². The number of fused-ring (bicyclic) bond motifs is 1. The molecule has 2 amide bonds. The number of amides is 2. The molecule has 1 aromatic heterocycles. The van der Waals surface area contributed by atoms with E-state index in [2.05, 4.69) is 28.4 Å². The molecule has 0 bridgehead atoms. The molecule has 1 atom stereocenters. The first-order chi connectivity index (χ1) is 13.7. The van der Waals surface area contributed by atoms with E-state index < -0.39 is 6.04 Å². The monoisotopic (exact) mass is 413 g/mol. The summed E-state index contributed by atoms with van der Waals surface area (Å²) in [7, 11) is 0. The summed E-state index contributed by atoms with van der Waals surface area (Å²) in [6.07, 6.45) is 1.42. The summed E-state index contributed by atoms with van der Waals surface area (Å²) in [5, 5.41) is 5.00. The number of thiophene rings is 1. The van der Waals surface area contributed by atoms with E-state index in [9.17, 15) is 9.59 Å². The Hall–Kier alpha value is -2.34. The molecule has 0 radical (unpaired) electrons. The average molecular weight is 414 g/mol. The molecule has 0 unspecified atom stereocenters. The SMILES string of the molecule is C[C@@H](C(=O)NC(C)(C)C)N(Cc1cccs1)C(=O)CCN1CCc2ccccc21. The van der Waals surface area contributed by atoms with Crippen molar-refractivity contribution in [1.82, 2.24) is 10.2 Å². The first kappa shape index (κ1) is 21.4. The molecule has 3 rings (SSSR count). The van der Waals surface area contributed by atoms with E-state index >= 15 is 0 Å². The van der Waals surface area contributed by atoms with Crippen molar-refractivity contribution in [3.05, 3.63) is 52.2 Å². The summed E-state index contributed by atoms with van der Waals surface area (Å²) in [6.45, 7) is 9.75. The lowest BCUT2D eigenvalue weighted by atomic mass is 10.1. The number of hydrogen-bond acceptors (Lipinski definition) is 4. The zero-order valence-corrected chi connectivity index (χ0v) is 18.6. The predicted octanol–water partition coefficient (Wildman–Crippen LogP) is 3.83. The van der Waals surface area contributed by atoms with Gasteiger partial charge in [0.2, 0.25) is 11.8 Å². The van der Waals surface area contributed by atoms with Gasteiger partial charge in [0.05, 0.1) is 6.54 Å². The number of hydrogen-bond donors (Lipinski definition) is 1. The quantitative estimate of drug-likeness (QED) is 0.750. The van der Waals surface area contributed by atoms with Crippen LogP contribution in [-0.2, 0) is 22.6 Å². The van der Waals surface area contributed by atoms with Gasteiger partial charge in [-0.1, -0.05) is 24.3 Å². The standard InChI is InChI=1S/C23H31N3O2S/c1-17(22(28)24-23(2,3)4)26(16-19-9-7-15-29-19)21(27)12-14-25-13-11-18-8-5-6-10-20(18)25/h5-10,15,17H,11-14,16H2,1-4H3,(H,24,28)/t17-/m0/s1. The van der Waals surface area contributed by atoms with E-state index in [0.717, 1.165) is 17.8 Å². The van der Waals surface area contributed by atoms with Gasteiger partial charge in [0.25, 0.3) is 0 Å². The third kappa shape index (κ3) is 5.60. The summed E-state index contributed by atoms with van der Waals surface area (Å²) in [4.78, 5) is 31.0. The second-order valence-electron chi connectivity index (χ2n) is 8.63. The molecule has 6 heteroatoms. The maximum absolute atomic E-state index is 13.2. The van der Waals surface area contributed by atoms with E-state index in [1.807, 2.05) is 51.3 Å². The Morgan fingerprint density at radius 2 is 1.97 bits per heavy atom. The molecule has 156 valence electrons. The minimum Gasteiger partial charge on any atom is -0.370 e. The molecule has 0 fully saturated rings. The molecule has 29 heavy (non-hydrogen) atoms. The topological polar surface area (TPSA) is 52.7 Å². The van der Waals surface area contributed by atoms with Crippen LogP contribution in [0.5, 0.6) is 0 Å². The number of anilines is 1. The van der Waals surface area contributed by atoms with Gasteiger partial charge in [-0.2, -0.15) is 0 Å². The second kappa shape index (κ2) is 8.99. The zero-order valence-electron chi connectivity index (χ0n) is 17.8. The Morgan fingerprint density at radius 3 is 2.66 bits per heavy atom. The number of para-hydroxylation sites is 1. The number of carbonyl (C=O) groups is 2. The van der Waals surface area contributed by atoms with Crippen molar-refractivity contribution in [3.8, 4) is 0 Å². The van der Waals surface area contributed by atoms with Gasteiger partial charge in [0.1, 0.15) is 6.04 Å². The smallest absolute Gasteiger partial charge is 0.242 e. The fourth-order valence-electron chi connectivity index (χ4n) is 3.64. The summed E-state index contributed by atoms with van der Waals surface area (Å²) >= 11 is 1.61. The lowest BCUT2D eigenvalue weighted by molar-refractivity contribution is -0.141. The largest absolute Gasteiger partial charge is 0.370 e. The fourth-order valence-corrected chi connectivity index (χ4v) is 4.34. The predicted molar refractivity (Wildman–Crippen MR) is 119 cm³/mol. The number of nitrogens with zero attached hydrogens (tertiary/aromatic N) is 2. The lowest BCUT2D eigenvalue weighted by Crippen LogP contribution is -2.52. The molecule has 1 aliphatic rings. The fraction of sp³-hybridized carbons (Fsp3) is 0.478. The van der Waals surface area contributed by atoms with E-state index in [1.54, 1.807) is 16.2 Å².